The van der Waals surface area contributed by atoms with Crippen LogP contribution in [0.2, 0.25) is 0 Å². The quantitative estimate of drug-likeness (QED) is 0.782. The number of hydrogen-bond acceptors (Lipinski definition) is 1. The molecule has 1 nitrogen and oxygen atoms in total. The van der Waals surface area contributed by atoms with E-state index in [4.69, 9.17) is 0 Å². The van der Waals surface area contributed by atoms with Crippen molar-refractivity contribution in [3.8, 4) is 11.8 Å². The second kappa shape index (κ2) is 5.29. The molecule has 1 atom stereocenters. The van der Waals surface area contributed by atoms with Crippen LogP contribution in [0.25, 0.3) is 0 Å². The summed E-state index contributed by atoms with van der Waals surface area (Å²) in [6.07, 6.45) is -1.00. The van der Waals surface area contributed by atoms with Crippen LogP contribution in [-0.4, -0.2) is 5.11 Å². The van der Waals surface area contributed by atoms with E-state index in [0.717, 1.165) is 18.2 Å². The Balaban J connectivity index is 2.79. The lowest BCUT2D eigenvalue weighted by Gasteiger charge is -2.10. The van der Waals surface area contributed by atoms with E-state index < -0.39 is 17.7 Å². The van der Waals surface area contributed by atoms with Gasteiger partial charge in [0.2, 0.25) is 0 Å². The fraction of sp³-hybridized carbons (Fsp3) is 0.429. The predicted molar refractivity (Wildman–Crippen MR) is 63.2 cm³/mol. The summed E-state index contributed by atoms with van der Waals surface area (Å²) in [4.78, 5) is 0. The number of aliphatic hydroxyl groups is 1. The Morgan fingerprint density at radius 1 is 1.29 bits per heavy atom. The number of benzene rings is 1. The van der Waals surface area contributed by atoms with Crippen LogP contribution in [0.5, 0.6) is 0 Å². The largest absolute Gasteiger partial charge is 0.387 e. The maximum absolute atomic E-state index is 13.3. The molecule has 0 heterocycles. The average molecular weight is 238 g/mol. The van der Waals surface area contributed by atoms with Crippen molar-refractivity contribution in [2.75, 3.05) is 0 Å². The fourth-order valence-corrected chi connectivity index (χ4v) is 1.29. The molecule has 0 saturated carbocycles. The lowest BCUT2D eigenvalue weighted by molar-refractivity contribution is 0.178. The molecule has 0 radical (unpaired) electrons. The predicted octanol–water partition coefficient (Wildman–Crippen LogP) is 3.44. The van der Waals surface area contributed by atoms with Gasteiger partial charge < -0.3 is 5.11 Å². The van der Waals surface area contributed by atoms with Gasteiger partial charge in [-0.25, -0.2) is 8.78 Å². The molecule has 0 aromatic heterocycles. The molecule has 0 amide bonds. The van der Waals surface area contributed by atoms with E-state index in [-0.39, 0.29) is 17.4 Å². The minimum atomic E-state index is -1.10. The summed E-state index contributed by atoms with van der Waals surface area (Å²) >= 11 is 0. The van der Waals surface area contributed by atoms with Crippen molar-refractivity contribution in [1.29, 1.82) is 0 Å². The minimum Gasteiger partial charge on any atom is -0.387 e. The lowest BCUT2D eigenvalue weighted by Crippen LogP contribution is -2.02. The van der Waals surface area contributed by atoms with Gasteiger partial charge in [-0.3, -0.25) is 0 Å². The molecule has 0 bridgehead atoms. The van der Waals surface area contributed by atoms with E-state index in [9.17, 15) is 13.9 Å². The molecule has 0 aliphatic heterocycles. The van der Waals surface area contributed by atoms with Gasteiger partial charge in [0.1, 0.15) is 11.6 Å². The van der Waals surface area contributed by atoms with Gasteiger partial charge in [0, 0.05) is 17.4 Å². The summed E-state index contributed by atoms with van der Waals surface area (Å²) in [7, 11) is 0. The normalized spacial score (nSPS) is 12.8. The molecule has 17 heavy (non-hydrogen) atoms. The highest BCUT2D eigenvalue weighted by Gasteiger charge is 2.13. The second-order valence-electron chi connectivity index (χ2n) is 4.94. The van der Waals surface area contributed by atoms with Crippen molar-refractivity contribution >= 4 is 0 Å². The Labute approximate surface area is 100 Å². The molecule has 0 spiro atoms. The number of halogens is 2. The van der Waals surface area contributed by atoms with Crippen LogP contribution in [0.1, 0.15) is 38.9 Å². The highest BCUT2D eigenvalue weighted by molar-refractivity contribution is 5.22. The van der Waals surface area contributed by atoms with Crippen LogP contribution in [0.15, 0.2) is 18.2 Å². The van der Waals surface area contributed by atoms with Gasteiger partial charge in [0.05, 0.1) is 6.10 Å². The third-order valence-electron chi connectivity index (χ3n) is 2.08. The zero-order chi connectivity index (χ0) is 13.1. The number of aliphatic hydroxyl groups excluding tert-OH is 1. The van der Waals surface area contributed by atoms with Crippen molar-refractivity contribution < 1.29 is 13.9 Å². The van der Waals surface area contributed by atoms with Gasteiger partial charge in [0.15, 0.2) is 0 Å². The molecule has 1 unspecified atom stereocenters. The summed E-state index contributed by atoms with van der Waals surface area (Å²) in [6.45, 7) is 5.82. The van der Waals surface area contributed by atoms with Crippen LogP contribution in [0, 0.1) is 28.9 Å². The molecule has 0 fully saturated rings. The van der Waals surface area contributed by atoms with Crippen LogP contribution in [-0.2, 0) is 0 Å². The van der Waals surface area contributed by atoms with E-state index in [1.165, 1.54) is 0 Å². The summed E-state index contributed by atoms with van der Waals surface area (Å²) in [6, 6.07) is 3.02. The van der Waals surface area contributed by atoms with E-state index in [1.54, 1.807) is 0 Å². The molecule has 1 N–H and O–H groups in total. The fourth-order valence-electron chi connectivity index (χ4n) is 1.29. The topological polar surface area (TPSA) is 20.2 Å². The van der Waals surface area contributed by atoms with Gasteiger partial charge >= 0.3 is 0 Å². The molecule has 1 rings (SSSR count). The molecule has 0 saturated heterocycles. The second-order valence-corrected chi connectivity index (χ2v) is 4.94. The molecule has 1 aromatic rings. The first-order chi connectivity index (χ1) is 7.79. The first-order valence-electron chi connectivity index (χ1n) is 5.42. The minimum absolute atomic E-state index is 0.0480. The zero-order valence-corrected chi connectivity index (χ0v) is 10.2. The Bertz CT molecular complexity index is 450. The summed E-state index contributed by atoms with van der Waals surface area (Å²) in [5.41, 5.74) is -0.214. The Morgan fingerprint density at radius 2 is 1.94 bits per heavy atom. The van der Waals surface area contributed by atoms with Crippen molar-refractivity contribution in [1.82, 2.24) is 0 Å². The van der Waals surface area contributed by atoms with Gasteiger partial charge in [-0.2, -0.15) is 0 Å². The van der Waals surface area contributed by atoms with E-state index in [2.05, 4.69) is 11.8 Å². The summed E-state index contributed by atoms with van der Waals surface area (Å²) in [5.74, 6) is 4.53. The number of hydrogen-bond donors (Lipinski definition) is 1. The third-order valence-corrected chi connectivity index (χ3v) is 2.08. The summed E-state index contributed by atoms with van der Waals surface area (Å²) < 4.78 is 26.2. The smallest absolute Gasteiger partial charge is 0.129 e. The molecule has 0 aliphatic carbocycles. The third kappa shape index (κ3) is 4.54. The summed E-state index contributed by atoms with van der Waals surface area (Å²) in [5, 5.41) is 9.71. The Hall–Kier alpha value is -1.40. The number of rotatable bonds is 2. The molecule has 92 valence electrons. The molecular formula is C14H16F2O. The van der Waals surface area contributed by atoms with Gasteiger partial charge in [-0.1, -0.05) is 11.8 Å². The van der Waals surface area contributed by atoms with Crippen LogP contribution >= 0.6 is 0 Å². The lowest BCUT2D eigenvalue weighted by atomic mass is 9.97. The monoisotopic (exact) mass is 238 g/mol. The van der Waals surface area contributed by atoms with Gasteiger partial charge in [-0.15, -0.1) is 0 Å². The maximum atomic E-state index is 13.3. The van der Waals surface area contributed by atoms with Crippen molar-refractivity contribution in [2.24, 2.45) is 5.41 Å². The zero-order valence-electron chi connectivity index (χ0n) is 10.2. The Morgan fingerprint density at radius 3 is 2.53 bits per heavy atom. The first kappa shape index (κ1) is 13.7. The van der Waals surface area contributed by atoms with Crippen molar-refractivity contribution in [3.63, 3.8) is 0 Å². The van der Waals surface area contributed by atoms with Gasteiger partial charge in [0.25, 0.3) is 0 Å². The van der Waals surface area contributed by atoms with Crippen LogP contribution in [0.4, 0.5) is 8.78 Å². The standard InChI is InChI=1S/C14H16F2O/c1-14(2,3)8-4-5-13(17)11-9-10(15)6-7-12(11)16/h6-7,9,13,17H,5H2,1-3H3. The van der Waals surface area contributed by atoms with Crippen LogP contribution < -0.4 is 0 Å². The molecule has 3 heteroatoms. The highest BCUT2D eigenvalue weighted by Crippen LogP contribution is 2.21. The van der Waals surface area contributed by atoms with Crippen molar-refractivity contribution in [2.45, 2.75) is 33.3 Å². The van der Waals surface area contributed by atoms with Crippen LogP contribution in [0.3, 0.4) is 0 Å². The van der Waals surface area contributed by atoms with E-state index in [1.807, 2.05) is 20.8 Å². The Kier molecular flexibility index (Phi) is 4.25. The van der Waals surface area contributed by atoms with E-state index in [0.29, 0.717) is 0 Å². The van der Waals surface area contributed by atoms with E-state index >= 15 is 0 Å². The van der Waals surface area contributed by atoms with Crippen molar-refractivity contribution in [3.05, 3.63) is 35.4 Å². The molecule has 1 aromatic carbocycles. The van der Waals surface area contributed by atoms with Gasteiger partial charge in [-0.05, 0) is 39.0 Å². The molecular weight excluding hydrogens is 222 g/mol. The average Bonchev–Trinajstić information content (AvgIpc) is 2.19. The first-order valence-corrected chi connectivity index (χ1v) is 5.42. The maximum Gasteiger partial charge on any atom is 0.129 e. The highest BCUT2D eigenvalue weighted by atomic mass is 19.1. The SMILES string of the molecule is CC(C)(C)C#CCC(O)c1cc(F)ccc1F. The molecule has 0 aliphatic rings.